The van der Waals surface area contributed by atoms with Gasteiger partial charge in [0.1, 0.15) is 0 Å². The molecule has 1 saturated carbocycles. The third-order valence-electron chi connectivity index (χ3n) is 5.11. The van der Waals surface area contributed by atoms with E-state index in [1.165, 1.54) is 38.5 Å². The van der Waals surface area contributed by atoms with Crippen LogP contribution in [-0.2, 0) is 0 Å². The maximum atomic E-state index is 10.4. The van der Waals surface area contributed by atoms with Gasteiger partial charge >= 0.3 is 0 Å². The largest absolute Gasteiger partial charge is 0.391 e. The van der Waals surface area contributed by atoms with E-state index in [9.17, 15) is 10.4 Å². The van der Waals surface area contributed by atoms with Gasteiger partial charge in [0.15, 0.2) is 0 Å². The number of unbranched alkanes of at least 4 members (excludes halogenated alkanes) is 6. The molecular formula is C18H33NO. The quantitative estimate of drug-likeness (QED) is 0.589. The fraction of sp³-hybridized carbons (Fsp3) is 0.944. The summed E-state index contributed by atoms with van der Waals surface area (Å²) in [4.78, 5) is 0. The predicted octanol–water partition coefficient (Wildman–Crippen LogP) is 5.21. The van der Waals surface area contributed by atoms with Crippen molar-refractivity contribution in [2.45, 2.75) is 97.0 Å². The van der Waals surface area contributed by atoms with Gasteiger partial charge in [-0.1, -0.05) is 58.8 Å². The van der Waals surface area contributed by atoms with E-state index in [4.69, 9.17) is 0 Å². The van der Waals surface area contributed by atoms with Gasteiger partial charge in [-0.05, 0) is 38.0 Å². The molecule has 1 rings (SSSR count). The summed E-state index contributed by atoms with van der Waals surface area (Å²) in [5.41, 5.74) is -0.436. The van der Waals surface area contributed by atoms with Crippen LogP contribution < -0.4 is 0 Å². The van der Waals surface area contributed by atoms with Crippen LogP contribution in [0.1, 0.15) is 90.9 Å². The van der Waals surface area contributed by atoms with Crippen molar-refractivity contribution in [2.75, 3.05) is 0 Å². The molecule has 0 spiro atoms. The van der Waals surface area contributed by atoms with E-state index in [0.717, 1.165) is 44.4 Å². The topological polar surface area (TPSA) is 44.0 Å². The van der Waals surface area contributed by atoms with Crippen molar-refractivity contribution in [3.63, 3.8) is 0 Å². The average molecular weight is 279 g/mol. The zero-order valence-electron chi connectivity index (χ0n) is 13.5. The van der Waals surface area contributed by atoms with E-state index in [2.05, 4.69) is 19.9 Å². The molecule has 0 amide bonds. The number of hydrogen-bond donors (Lipinski definition) is 1. The molecule has 1 N–H and O–H groups in total. The van der Waals surface area contributed by atoms with Crippen LogP contribution in [0, 0.1) is 22.7 Å². The molecule has 0 aromatic carbocycles. The van der Waals surface area contributed by atoms with E-state index in [1.54, 1.807) is 0 Å². The Labute approximate surface area is 125 Å². The highest BCUT2D eigenvalue weighted by Crippen LogP contribution is 2.42. The van der Waals surface area contributed by atoms with Gasteiger partial charge in [0, 0.05) is 0 Å². The minimum atomic E-state index is -0.436. The first-order valence-electron chi connectivity index (χ1n) is 8.74. The molecule has 1 fully saturated rings. The summed E-state index contributed by atoms with van der Waals surface area (Å²) in [5, 5.41) is 19.9. The Morgan fingerprint density at radius 1 is 1.10 bits per heavy atom. The number of aliphatic hydroxyl groups is 1. The van der Waals surface area contributed by atoms with Gasteiger partial charge in [0.05, 0.1) is 17.6 Å². The van der Waals surface area contributed by atoms with Crippen molar-refractivity contribution in [1.82, 2.24) is 0 Å². The molecule has 0 aromatic rings. The Bertz CT molecular complexity index is 286. The molecule has 0 bridgehead atoms. The minimum Gasteiger partial charge on any atom is -0.391 e. The predicted molar refractivity (Wildman–Crippen MR) is 84.3 cm³/mol. The van der Waals surface area contributed by atoms with Gasteiger partial charge < -0.3 is 5.11 Å². The molecule has 1 aliphatic rings. The second-order valence-corrected chi connectivity index (χ2v) is 6.88. The van der Waals surface area contributed by atoms with Crippen LogP contribution in [0.5, 0.6) is 0 Å². The first-order valence-corrected chi connectivity index (χ1v) is 8.74. The summed E-state index contributed by atoms with van der Waals surface area (Å²) in [7, 11) is 0. The van der Waals surface area contributed by atoms with Gasteiger partial charge in [-0.25, -0.2) is 0 Å². The Hall–Kier alpha value is -0.550. The summed E-state index contributed by atoms with van der Waals surface area (Å²) < 4.78 is 0. The van der Waals surface area contributed by atoms with Crippen LogP contribution in [0.25, 0.3) is 0 Å². The van der Waals surface area contributed by atoms with E-state index in [-0.39, 0.29) is 0 Å². The molecule has 2 nitrogen and oxygen atoms in total. The van der Waals surface area contributed by atoms with E-state index < -0.39 is 11.5 Å². The van der Waals surface area contributed by atoms with Crippen LogP contribution in [-0.4, -0.2) is 11.2 Å². The smallest absolute Gasteiger partial charge is 0.0832 e. The first-order chi connectivity index (χ1) is 9.64. The van der Waals surface area contributed by atoms with Crippen LogP contribution in [0.3, 0.4) is 0 Å². The number of hydrogen-bond acceptors (Lipinski definition) is 2. The number of nitrogens with zero attached hydrogens (tertiary/aromatic N) is 1. The summed E-state index contributed by atoms with van der Waals surface area (Å²) in [5.74, 6) is 0.724. The van der Waals surface area contributed by atoms with Crippen LogP contribution in [0.2, 0.25) is 0 Å². The third-order valence-corrected chi connectivity index (χ3v) is 5.11. The normalized spacial score (nSPS) is 28.0. The SMILES string of the molecule is CCCCCCCCCC(O)C1(C#N)CCC(C)CC1. The first kappa shape index (κ1) is 17.5. The number of nitriles is 1. The van der Waals surface area contributed by atoms with Crippen LogP contribution in [0.15, 0.2) is 0 Å². The maximum absolute atomic E-state index is 10.4. The van der Waals surface area contributed by atoms with Gasteiger partial charge in [-0.15, -0.1) is 0 Å². The Kier molecular flexibility index (Phi) is 8.22. The van der Waals surface area contributed by atoms with E-state index in [0.29, 0.717) is 0 Å². The molecule has 1 atom stereocenters. The third kappa shape index (κ3) is 5.44. The van der Waals surface area contributed by atoms with Gasteiger partial charge in [0.25, 0.3) is 0 Å². The standard InChI is InChI=1S/C18H33NO/c1-3-4-5-6-7-8-9-10-17(20)18(15-19)13-11-16(2)12-14-18/h16-17,20H,3-14H2,1-2H3. The Morgan fingerprint density at radius 2 is 1.65 bits per heavy atom. The molecule has 0 aromatic heterocycles. The average Bonchev–Trinajstić information content (AvgIpc) is 2.47. The van der Waals surface area contributed by atoms with E-state index >= 15 is 0 Å². The lowest BCUT2D eigenvalue weighted by molar-refractivity contribution is 0.0204. The summed E-state index contributed by atoms with van der Waals surface area (Å²) in [6.45, 7) is 4.49. The summed E-state index contributed by atoms with van der Waals surface area (Å²) in [6.07, 6.45) is 13.3. The lowest BCUT2D eigenvalue weighted by Crippen LogP contribution is -2.37. The molecular weight excluding hydrogens is 246 g/mol. The van der Waals surface area contributed by atoms with Crippen molar-refractivity contribution in [3.8, 4) is 6.07 Å². The van der Waals surface area contributed by atoms with Crippen molar-refractivity contribution < 1.29 is 5.11 Å². The fourth-order valence-electron chi connectivity index (χ4n) is 3.37. The van der Waals surface area contributed by atoms with Gasteiger partial charge in [-0.3, -0.25) is 0 Å². The molecule has 1 unspecified atom stereocenters. The lowest BCUT2D eigenvalue weighted by Gasteiger charge is -2.37. The fourth-order valence-corrected chi connectivity index (χ4v) is 3.37. The highest BCUT2D eigenvalue weighted by Gasteiger charge is 2.40. The second kappa shape index (κ2) is 9.40. The van der Waals surface area contributed by atoms with Gasteiger partial charge in [-0.2, -0.15) is 5.26 Å². The number of rotatable bonds is 9. The molecule has 1 aliphatic carbocycles. The molecule has 116 valence electrons. The molecule has 0 aliphatic heterocycles. The zero-order valence-corrected chi connectivity index (χ0v) is 13.5. The van der Waals surface area contributed by atoms with Crippen LogP contribution >= 0.6 is 0 Å². The number of aliphatic hydroxyl groups excluding tert-OH is 1. The maximum Gasteiger partial charge on any atom is 0.0832 e. The molecule has 0 saturated heterocycles. The minimum absolute atomic E-state index is 0.407. The second-order valence-electron chi connectivity index (χ2n) is 6.88. The lowest BCUT2D eigenvalue weighted by atomic mass is 9.67. The molecule has 2 heteroatoms. The Morgan fingerprint density at radius 3 is 2.20 bits per heavy atom. The van der Waals surface area contributed by atoms with E-state index in [1.807, 2.05) is 0 Å². The van der Waals surface area contributed by atoms with Crippen molar-refractivity contribution in [2.24, 2.45) is 11.3 Å². The Balaban J connectivity index is 2.20. The highest BCUT2D eigenvalue weighted by atomic mass is 16.3. The highest BCUT2D eigenvalue weighted by molar-refractivity contribution is 5.05. The van der Waals surface area contributed by atoms with Gasteiger partial charge in [0.2, 0.25) is 0 Å². The van der Waals surface area contributed by atoms with Crippen molar-refractivity contribution in [1.29, 1.82) is 5.26 Å². The van der Waals surface area contributed by atoms with Crippen molar-refractivity contribution in [3.05, 3.63) is 0 Å². The summed E-state index contributed by atoms with van der Waals surface area (Å²) >= 11 is 0. The summed E-state index contributed by atoms with van der Waals surface area (Å²) in [6, 6.07) is 2.46. The monoisotopic (exact) mass is 279 g/mol. The van der Waals surface area contributed by atoms with Crippen molar-refractivity contribution >= 4 is 0 Å². The molecule has 20 heavy (non-hydrogen) atoms. The zero-order chi connectivity index (χ0) is 14.8. The van der Waals surface area contributed by atoms with Crippen LogP contribution in [0.4, 0.5) is 0 Å². The molecule has 0 heterocycles. The molecule has 0 radical (unpaired) electrons.